The molecule has 1 heterocycles. The number of nitrogens with one attached hydrogen (secondary N) is 1. The van der Waals surface area contributed by atoms with Crippen molar-refractivity contribution in [2.75, 3.05) is 11.9 Å². The van der Waals surface area contributed by atoms with Gasteiger partial charge in [-0.1, -0.05) is 29.8 Å². The van der Waals surface area contributed by atoms with Gasteiger partial charge >= 0.3 is 5.97 Å². The molecular weight excluding hydrogens is 372 g/mol. The lowest BCUT2D eigenvalue weighted by molar-refractivity contribution is -0.119. The fourth-order valence-corrected chi connectivity index (χ4v) is 3.52. The number of fused-ring (bicyclic) bond motifs is 1. The van der Waals surface area contributed by atoms with E-state index in [1.165, 1.54) is 6.07 Å². The molecule has 0 aliphatic heterocycles. The Balaban J connectivity index is 1.64. The van der Waals surface area contributed by atoms with E-state index in [9.17, 15) is 18.4 Å². The van der Waals surface area contributed by atoms with Crippen molar-refractivity contribution >= 4 is 50.6 Å². The lowest BCUT2D eigenvalue weighted by Crippen LogP contribution is -2.20. The van der Waals surface area contributed by atoms with E-state index in [2.05, 4.69) is 5.32 Å². The summed E-state index contributed by atoms with van der Waals surface area (Å²) in [4.78, 5) is 24.1. The number of benzene rings is 2. The number of halogens is 3. The maximum Gasteiger partial charge on any atom is 0.350 e. The molecule has 0 spiro atoms. The molecule has 4 nitrogen and oxygen atoms in total. The highest BCUT2D eigenvalue weighted by Crippen LogP contribution is 2.35. The zero-order valence-electron chi connectivity index (χ0n) is 12.5. The van der Waals surface area contributed by atoms with Gasteiger partial charge in [0.25, 0.3) is 5.91 Å². The predicted octanol–water partition coefficient (Wildman–Crippen LogP) is 4.63. The Morgan fingerprint density at radius 1 is 1.12 bits per heavy atom. The number of anilines is 1. The fraction of sp³-hybridized carbons (Fsp3) is 0.0588. The molecule has 0 saturated heterocycles. The molecule has 0 aliphatic carbocycles. The smallest absolute Gasteiger partial charge is 0.350 e. The Morgan fingerprint density at radius 2 is 1.88 bits per heavy atom. The van der Waals surface area contributed by atoms with Gasteiger partial charge in [-0.05, 0) is 18.2 Å². The molecule has 0 radical (unpaired) electrons. The summed E-state index contributed by atoms with van der Waals surface area (Å²) in [5.74, 6) is -3.53. The van der Waals surface area contributed by atoms with Crippen LogP contribution in [-0.2, 0) is 9.53 Å². The summed E-state index contributed by atoms with van der Waals surface area (Å²) in [5.41, 5.74) is 0.0554. The predicted molar refractivity (Wildman–Crippen MR) is 92.1 cm³/mol. The van der Waals surface area contributed by atoms with Gasteiger partial charge in [0.1, 0.15) is 4.88 Å². The maximum atomic E-state index is 13.1. The Hall–Kier alpha value is -2.51. The van der Waals surface area contributed by atoms with Gasteiger partial charge in [-0.2, -0.15) is 0 Å². The van der Waals surface area contributed by atoms with E-state index in [4.69, 9.17) is 16.3 Å². The summed E-state index contributed by atoms with van der Waals surface area (Å²) in [7, 11) is 0. The van der Waals surface area contributed by atoms with Crippen molar-refractivity contribution in [1.29, 1.82) is 0 Å². The van der Waals surface area contributed by atoms with Crippen LogP contribution in [0.5, 0.6) is 0 Å². The molecule has 0 fully saturated rings. The monoisotopic (exact) mass is 381 g/mol. The number of hydrogen-bond donors (Lipinski definition) is 1. The molecule has 8 heteroatoms. The van der Waals surface area contributed by atoms with Gasteiger partial charge in [0.05, 0.1) is 5.02 Å². The lowest BCUT2D eigenvalue weighted by atomic mass is 10.2. The standard InChI is InChI=1S/C17H10ClF2NO3S/c18-15-10-3-1-2-4-13(10)25-16(15)17(23)24-8-14(22)21-9-5-6-11(19)12(20)7-9/h1-7H,8H2,(H,21,22). The van der Waals surface area contributed by atoms with Crippen LogP contribution in [0.4, 0.5) is 14.5 Å². The van der Waals surface area contributed by atoms with Crippen LogP contribution in [0.2, 0.25) is 5.02 Å². The second-order valence-corrected chi connectivity index (χ2v) is 6.42. The Labute approximate surface area is 150 Å². The van der Waals surface area contributed by atoms with Crippen molar-refractivity contribution in [2.45, 2.75) is 0 Å². The highest BCUT2D eigenvalue weighted by Gasteiger charge is 2.19. The van der Waals surface area contributed by atoms with Crippen LogP contribution in [-0.4, -0.2) is 18.5 Å². The molecule has 1 aromatic heterocycles. The topological polar surface area (TPSA) is 55.4 Å². The van der Waals surface area contributed by atoms with Crippen molar-refractivity contribution < 1.29 is 23.1 Å². The largest absolute Gasteiger partial charge is 0.451 e. The van der Waals surface area contributed by atoms with Crippen LogP contribution >= 0.6 is 22.9 Å². The second kappa shape index (κ2) is 7.16. The third kappa shape index (κ3) is 3.78. The molecule has 128 valence electrons. The van der Waals surface area contributed by atoms with Crippen LogP contribution in [0, 0.1) is 11.6 Å². The van der Waals surface area contributed by atoms with E-state index in [1.54, 1.807) is 12.1 Å². The zero-order chi connectivity index (χ0) is 18.0. The van der Waals surface area contributed by atoms with Gasteiger partial charge in [-0.3, -0.25) is 4.79 Å². The van der Waals surface area contributed by atoms with E-state index >= 15 is 0 Å². The van der Waals surface area contributed by atoms with Gasteiger partial charge in [-0.15, -0.1) is 11.3 Å². The average molecular weight is 382 g/mol. The minimum absolute atomic E-state index is 0.0554. The minimum Gasteiger partial charge on any atom is -0.451 e. The highest BCUT2D eigenvalue weighted by atomic mass is 35.5. The summed E-state index contributed by atoms with van der Waals surface area (Å²) >= 11 is 7.32. The van der Waals surface area contributed by atoms with E-state index in [0.29, 0.717) is 0 Å². The van der Waals surface area contributed by atoms with Crippen LogP contribution in [0.15, 0.2) is 42.5 Å². The summed E-state index contributed by atoms with van der Waals surface area (Å²) in [5, 5.41) is 3.30. The maximum absolute atomic E-state index is 13.1. The molecule has 0 bridgehead atoms. The van der Waals surface area contributed by atoms with E-state index in [0.717, 1.165) is 33.6 Å². The van der Waals surface area contributed by atoms with Crippen LogP contribution in [0.3, 0.4) is 0 Å². The molecule has 2 aromatic carbocycles. The van der Waals surface area contributed by atoms with Crippen molar-refractivity contribution in [3.05, 3.63) is 64.0 Å². The number of ether oxygens (including phenoxy) is 1. The first-order valence-corrected chi connectivity index (χ1v) is 8.24. The molecular formula is C17H10ClF2NO3S. The summed E-state index contributed by atoms with van der Waals surface area (Å²) in [6.45, 7) is -0.581. The minimum atomic E-state index is -1.09. The highest BCUT2D eigenvalue weighted by molar-refractivity contribution is 7.21. The van der Waals surface area contributed by atoms with Gasteiger partial charge < -0.3 is 10.1 Å². The van der Waals surface area contributed by atoms with E-state index < -0.39 is 30.1 Å². The quantitative estimate of drug-likeness (QED) is 0.670. The Kier molecular flexibility index (Phi) is 4.96. The molecule has 3 rings (SSSR count). The van der Waals surface area contributed by atoms with Crippen molar-refractivity contribution in [3.8, 4) is 0 Å². The summed E-state index contributed by atoms with van der Waals surface area (Å²) in [6.07, 6.45) is 0. The SMILES string of the molecule is O=C(COC(=O)c1sc2ccccc2c1Cl)Nc1ccc(F)c(F)c1. The van der Waals surface area contributed by atoms with Gasteiger partial charge in [0.15, 0.2) is 18.2 Å². The zero-order valence-corrected chi connectivity index (χ0v) is 14.1. The van der Waals surface area contributed by atoms with Crippen molar-refractivity contribution in [1.82, 2.24) is 0 Å². The average Bonchev–Trinajstić information content (AvgIpc) is 2.93. The number of carbonyl (C=O) groups is 2. The number of hydrogen-bond acceptors (Lipinski definition) is 4. The molecule has 1 N–H and O–H groups in total. The third-order valence-corrected chi connectivity index (χ3v) is 4.91. The molecule has 0 unspecified atom stereocenters. The number of carbonyl (C=O) groups excluding carboxylic acids is 2. The summed E-state index contributed by atoms with van der Waals surface area (Å²) < 4.78 is 31.7. The molecule has 0 atom stereocenters. The third-order valence-electron chi connectivity index (χ3n) is 3.26. The van der Waals surface area contributed by atoms with Crippen LogP contribution < -0.4 is 5.32 Å². The first kappa shape index (κ1) is 17.3. The second-order valence-electron chi connectivity index (χ2n) is 4.99. The van der Waals surface area contributed by atoms with E-state index in [-0.39, 0.29) is 15.6 Å². The van der Waals surface area contributed by atoms with Crippen molar-refractivity contribution in [2.24, 2.45) is 0 Å². The Bertz CT molecular complexity index is 974. The first-order valence-electron chi connectivity index (χ1n) is 7.05. The van der Waals surface area contributed by atoms with Crippen molar-refractivity contribution in [3.63, 3.8) is 0 Å². The number of esters is 1. The molecule has 25 heavy (non-hydrogen) atoms. The van der Waals surface area contributed by atoms with Gasteiger partial charge in [0, 0.05) is 21.8 Å². The number of amides is 1. The van der Waals surface area contributed by atoms with Gasteiger partial charge in [0.2, 0.25) is 0 Å². The van der Waals surface area contributed by atoms with E-state index in [1.807, 2.05) is 12.1 Å². The fourth-order valence-electron chi connectivity index (χ4n) is 2.11. The Morgan fingerprint density at radius 3 is 2.60 bits per heavy atom. The molecule has 0 saturated carbocycles. The molecule has 0 aliphatic rings. The normalized spacial score (nSPS) is 10.7. The first-order chi connectivity index (χ1) is 12.0. The lowest BCUT2D eigenvalue weighted by Gasteiger charge is -2.06. The number of rotatable bonds is 4. The van der Waals surface area contributed by atoms with Crippen LogP contribution in [0.1, 0.15) is 9.67 Å². The van der Waals surface area contributed by atoms with Gasteiger partial charge in [-0.25, -0.2) is 13.6 Å². The molecule has 3 aromatic rings. The summed E-state index contributed by atoms with van der Waals surface area (Å²) in [6, 6.07) is 10.1. The molecule has 1 amide bonds. The number of thiophene rings is 1. The van der Waals surface area contributed by atoms with Crippen LogP contribution in [0.25, 0.3) is 10.1 Å².